The Hall–Kier alpha value is -1.85. The summed E-state index contributed by atoms with van der Waals surface area (Å²) in [6.07, 6.45) is -0.915. The van der Waals surface area contributed by atoms with Crippen LogP contribution in [0.1, 0.15) is 46.8 Å². The number of benzene rings is 1. The first kappa shape index (κ1) is 15.1. The fourth-order valence-corrected chi connectivity index (χ4v) is 3.38. The van der Waals surface area contributed by atoms with Gasteiger partial charge in [-0.15, -0.1) is 0 Å². The van der Waals surface area contributed by atoms with Crippen LogP contribution in [0.15, 0.2) is 12.1 Å². The van der Waals surface area contributed by atoms with Gasteiger partial charge in [0.1, 0.15) is 5.54 Å². The SMILES string of the molecule is CC1(NC(=O)C(F)(F)F)Cc2cc3c(cc2C1=O)CCCC3. The van der Waals surface area contributed by atoms with Crippen LogP contribution in [0.25, 0.3) is 0 Å². The van der Waals surface area contributed by atoms with Gasteiger partial charge in [0.2, 0.25) is 0 Å². The lowest BCUT2D eigenvalue weighted by molar-refractivity contribution is -0.175. The number of nitrogens with one attached hydrogen (secondary N) is 1. The lowest BCUT2D eigenvalue weighted by atomic mass is 9.89. The van der Waals surface area contributed by atoms with Crippen molar-refractivity contribution < 1.29 is 22.8 Å². The van der Waals surface area contributed by atoms with E-state index < -0.39 is 23.4 Å². The van der Waals surface area contributed by atoms with E-state index in [1.54, 1.807) is 6.07 Å². The lowest BCUT2D eigenvalue weighted by Gasteiger charge is -2.24. The Bertz CT molecular complexity index is 666. The highest BCUT2D eigenvalue weighted by Gasteiger charge is 2.48. The number of Topliss-reactive ketones (excluding diaryl/α,β-unsaturated/α-hetero) is 1. The first-order valence-electron chi connectivity index (χ1n) is 7.29. The Kier molecular flexibility index (Phi) is 3.30. The van der Waals surface area contributed by atoms with Gasteiger partial charge in [-0.25, -0.2) is 0 Å². The molecule has 0 aromatic heterocycles. The van der Waals surface area contributed by atoms with Crippen molar-refractivity contribution in [2.75, 3.05) is 0 Å². The number of fused-ring (bicyclic) bond motifs is 2. The van der Waals surface area contributed by atoms with Crippen molar-refractivity contribution in [3.05, 3.63) is 34.4 Å². The second kappa shape index (κ2) is 4.83. The van der Waals surface area contributed by atoms with Crippen LogP contribution < -0.4 is 5.32 Å². The van der Waals surface area contributed by atoms with Crippen molar-refractivity contribution >= 4 is 11.7 Å². The Morgan fingerprint density at radius 2 is 1.73 bits per heavy atom. The minimum Gasteiger partial charge on any atom is -0.335 e. The van der Waals surface area contributed by atoms with E-state index >= 15 is 0 Å². The second-order valence-corrected chi connectivity index (χ2v) is 6.28. The first-order chi connectivity index (χ1) is 10.2. The molecule has 0 aliphatic heterocycles. The summed E-state index contributed by atoms with van der Waals surface area (Å²) in [5.74, 6) is -2.51. The molecule has 2 aliphatic rings. The zero-order valence-electron chi connectivity index (χ0n) is 12.1. The molecule has 3 rings (SSSR count). The standard InChI is InChI=1S/C16H16F3NO2/c1-15(20-14(22)16(17,18)19)8-11-6-9-4-2-3-5-10(9)7-12(11)13(15)21/h6-7H,2-5,8H2,1H3,(H,20,22). The van der Waals surface area contributed by atoms with Gasteiger partial charge in [-0.05, 0) is 55.4 Å². The number of alkyl halides is 3. The summed E-state index contributed by atoms with van der Waals surface area (Å²) >= 11 is 0. The third-order valence-corrected chi connectivity index (χ3v) is 4.50. The van der Waals surface area contributed by atoms with Gasteiger partial charge in [0, 0.05) is 12.0 Å². The summed E-state index contributed by atoms with van der Waals surface area (Å²) in [6.45, 7) is 1.36. The molecule has 0 spiro atoms. The van der Waals surface area contributed by atoms with Crippen LogP contribution in [0.4, 0.5) is 13.2 Å². The number of halogens is 3. The molecule has 1 unspecified atom stereocenters. The molecule has 1 atom stereocenters. The Morgan fingerprint density at radius 3 is 2.32 bits per heavy atom. The van der Waals surface area contributed by atoms with Gasteiger partial charge >= 0.3 is 12.1 Å². The normalized spacial score (nSPS) is 23.9. The third kappa shape index (κ3) is 2.40. The first-order valence-corrected chi connectivity index (χ1v) is 7.29. The molecular weight excluding hydrogens is 295 g/mol. The molecule has 0 heterocycles. The summed E-state index contributed by atoms with van der Waals surface area (Å²) in [6, 6.07) is 3.73. The summed E-state index contributed by atoms with van der Waals surface area (Å²) in [5.41, 5.74) is 1.94. The number of hydrogen-bond donors (Lipinski definition) is 1. The topological polar surface area (TPSA) is 46.2 Å². The van der Waals surface area contributed by atoms with E-state index in [4.69, 9.17) is 0 Å². The van der Waals surface area contributed by atoms with Crippen LogP contribution in [0.2, 0.25) is 0 Å². The van der Waals surface area contributed by atoms with Gasteiger partial charge < -0.3 is 5.32 Å². The van der Waals surface area contributed by atoms with E-state index in [2.05, 4.69) is 0 Å². The maximum atomic E-state index is 12.5. The molecule has 2 aliphatic carbocycles. The number of carbonyl (C=O) groups is 2. The molecule has 1 aromatic rings. The van der Waals surface area contributed by atoms with Gasteiger partial charge in [0.25, 0.3) is 0 Å². The molecule has 6 heteroatoms. The molecular formula is C16H16F3NO2. The molecule has 0 saturated heterocycles. The molecule has 118 valence electrons. The van der Waals surface area contributed by atoms with Gasteiger partial charge in [-0.1, -0.05) is 6.07 Å². The zero-order chi connectivity index (χ0) is 16.1. The molecule has 22 heavy (non-hydrogen) atoms. The van der Waals surface area contributed by atoms with E-state index in [0.717, 1.165) is 36.8 Å². The smallest absolute Gasteiger partial charge is 0.335 e. The van der Waals surface area contributed by atoms with Gasteiger partial charge in [0.15, 0.2) is 5.78 Å². The number of rotatable bonds is 1. The number of ketones is 1. The average Bonchev–Trinajstić information content (AvgIpc) is 2.67. The van der Waals surface area contributed by atoms with Crippen molar-refractivity contribution in [2.45, 2.75) is 50.7 Å². The van der Waals surface area contributed by atoms with Crippen LogP contribution in [0, 0.1) is 0 Å². The predicted molar refractivity (Wildman–Crippen MR) is 73.7 cm³/mol. The van der Waals surface area contributed by atoms with Gasteiger partial charge in [0.05, 0.1) is 0 Å². The maximum absolute atomic E-state index is 12.5. The highest BCUT2D eigenvalue weighted by atomic mass is 19.4. The second-order valence-electron chi connectivity index (χ2n) is 6.28. The molecule has 1 aromatic carbocycles. The maximum Gasteiger partial charge on any atom is 0.471 e. The minimum atomic E-state index is -4.99. The quantitative estimate of drug-likeness (QED) is 0.867. The van der Waals surface area contributed by atoms with Crippen molar-refractivity contribution in [3.63, 3.8) is 0 Å². The fraction of sp³-hybridized carbons (Fsp3) is 0.500. The predicted octanol–water partition coefficient (Wildman–Crippen LogP) is 2.74. The summed E-state index contributed by atoms with van der Waals surface area (Å²) in [5, 5.41) is 1.87. The summed E-state index contributed by atoms with van der Waals surface area (Å²) < 4.78 is 37.4. The van der Waals surface area contributed by atoms with Crippen LogP contribution in [0.3, 0.4) is 0 Å². The van der Waals surface area contributed by atoms with E-state index in [1.165, 1.54) is 12.5 Å². The number of carbonyl (C=O) groups excluding carboxylic acids is 2. The van der Waals surface area contributed by atoms with Crippen molar-refractivity contribution in [3.8, 4) is 0 Å². The molecule has 1 N–H and O–H groups in total. The molecule has 3 nitrogen and oxygen atoms in total. The third-order valence-electron chi connectivity index (χ3n) is 4.50. The van der Waals surface area contributed by atoms with Crippen LogP contribution in [-0.4, -0.2) is 23.4 Å². The van der Waals surface area contributed by atoms with E-state index in [0.29, 0.717) is 5.56 Å². The number of amides is 1. The van der Waals surface area contributed by atoms with Crippen LogP contribution in [0.5, 0.6) is 0 Å². The number of hydrogen-bond acceptors (Lipinski definition) is 2. The van der Waals surface area contributed by atoms with Crippen molar-refractivity contribution in [2.24, 2.45) is 0 Å². The van der Waals surface area contributed by atoms with E-state index in [1.807, 2.05) is 11.4 Å². The minimum absolute atomic E-state index is 0.107. The lowest BCUT2D eigenvalue weighted by Crippen LogP contribution is -2.54. The Balaban J connectivity index is 1.92. The van der Waals surface area contributed by atoms with Crippen LogP contribution in [-0.2, 0) is 24.1 Å². The number of aryl methyl sites for hydroxylation is 2. The van der Waals surface area contributed by atoms with Gasteiger partial charge in [-0.2, -0.15) is 13.2 Å². The molecule has 1 amide bonds. The summed E-state index contributed by atoms with van der Waals surface area (Å²) in [4.78, 5) is 23.7. The van der Waals surface area contributed by atoms with Crippen molar-refractivity contribution in [1.29, 1.82) is 0 Å². The summed E-state index contributed by atoms with van der Waals surface area (Å²) in [7, 11) is 0. The van der Waals surface area contributed by atoms with Crippen molar-refractivity contribution in [1.82, 2.24) is 5.32 Å². The molecule has 0 saturated carbocycles. The van der Waals surface area contributed by atoms with E-state index in [-0.39, 0.29) is 6.42 Å². The average molecular weight is 311 g/mol. The fourth-order valence-electron chi connectivity index (χ4n) is 3.38. The zero-order valence-corrected chi connectivity index (χ0v) is 12.1. The monoisotopic (exact) mass is 311 g/mol. The van der Waals surface area contributed by atoms with E-state index in [9.17, 15) is 22.8 Å². The van der Waals surface area contributed by atoms with Crippen LogP contribution >= 0.6 is 0 Å². The Labute approximate surface area is 125 Å². The highest BCUT2D eigenvalue weighted by Crippen LogP contribution is 2.35. The molecule has 0 bridgehead atoms. The highest BCUT2D eigenvalue weighted by molar-refractivity contribution is 6.09. The molecule has 0 fully saturated rings. The van der Waals surface area contributed by atoms with Gasteiger partial charge in [-0.3, -0.25) is 9.59 Å². The largest absolute Gasteiger partial charge is 0.471 e. The molecule has 0 radical (unpaired) electrons. The Morgan fingerprint density at radius 1 is 1.14 bits per heavy atom.